The van der Waals surface area contributed by atoms with Crippen LogP contribution in [-0.2, 0) is 0 Å². The summed E-state index contributed by atoms with van der Waals surface area (Å²) >= 11 is 0. The predicted octanol–water partition coefficient (Wildman–Crippen LogP) is 1.58. The predicted molar refractivity (Wildman–Crippen MR) is 59.8 cm³/mol. The lowest BCUT2D eigenvalue weighted by Gasteiger charge is -2.40. The zero-order chi connectivity index (χ0) is 14.0. The van der Waals surface area contributed by atoms with Crippen LogP contribution < -0.4 is 9.64 Å². The van der Waals surface area contributed by atoms with E-state index in [0.29, 0.717) is 0 Å². The summed E-state index contributed by atoms with van der Waals surface area (Å²) in [6, 6.07) is 2.52. The highest BCUT2D eigenvalue weighted by molar-refractivity contribution is 5.86. The molecule has 1 aromatic rings. The van der Waals surface area contributed by atoms with Crippen LogP contribution in [0.5, 0.6) is 5.88 Å². The average molecular weight is 276 g/mol. The van der Waals surface area contributed by atoms with Crippen molar-refractivity contribution in [3.63, 3.8) is 0 Å². The second-order valence-corrected chi connectivity index (χ2v) is 4.08. The van der Waals surface area contributed by atoms with Gasteiger partial charge in [0.2, 0.25) is 5.88 Å². The zero-order valence-electron chi connectivity index (χ0n) is 9.78. The molecule has 0 atom stereocenters. The van der Waals surface area contributed by atoms with Gasteiger partial charge in [0.15, 0.2) is 5.69 Å². The summed E-state index contributed by atoms with van der Waals surface area (Å²) in [6.07, 6.45) is 0. The van der Waals surface area contributed by atoms with Crippen LogP contribution in [0.2, 0.25) is 0 Å². The van der Waals surface area contributed by atoms with Gasteiger partial charge in [0.05, 0.1) is 13.1 Å². The Kier molecular flexibility index (Phi) is 3.50. The number of rotatable bonds is 5. The van der Waals surface area contributed by atoms with Gasteiger partial charge in [0.25, 0.3) is 5.92 Å². The fourth-order valence-electron chi connectivity index (χ4n) is 1.72. The van der Waals surface area contributed by atoms with Crippen LogP contribution in [0.25, 0.3) is 0 Å². The molecule has 5 nitrogen and oxygen atoms in total. The van der Waals surface area contributed by atoms with Crippen molar-refractivity contribution in [2.24, 2.45) is 0 Å². The Morgan fingerprint density at radius 2 is 2.16 bits per heavy atom. The Hall–Kier alpha value is -1.99. The third-order valence-electron chi connectivity index (χ3n) is 2.56. The smallest absolute Gasteiger partial charge is 0.354 e. The van der Waals surface area contributed by atoms with E-state index < -0.39 is 31.7 Å². The van der Waals surface area contributed by atoms with Crippen molar-refractivity contribution in [1.29, 1.82) is 0 Å². The van der Waals surface area contributed by atoms with Crippen molar-refractivity contribution in [2.45, 2.75) is 5.92 Å². The van der Waals surface area contributed by atoms with Gasteiger partial charge in [0.1, 0.15) is 19.0 Å². The Morgan fingerprint density at radius 1 is 1.47 bits per heavy atom. The first-order chi connectivity index (χ1) is 8.93. The number of alkyl halides is 3. The second-order valence-electron chi connectivity index (χ2n) is 4.08. The topological polar surface area (TPSA) is 62.7 Å². The van der Waals surface area contributed by atoms with Gasteiger partial charge >= 0.3 is 5.97 Å². The average Bonchev–Trinajstić information content (AvgIpc) is 2.33. The maximum absolute atomic E-state index is 12.8. The fraction of sp³-hybridized carbons (Fsp3) is 0.455. The molecule has 1 aliphatic rings. The first kappa shape index (κ1) is 13.4. The zero-order valence-corrected chi connectivity index (χ0v) is 9.78. The van der Waals surface area contributed by atoms with Crippen LogP contribution in [0.15, 0.2) is 12.1 Å². The van der Waals surface area contributed by atoms with Gasteiger partial charge in [-0.15, -0.1) is 0 Å². The third-order valence-corrected chi connectivity index (χ3v) is 2.56. The maximum atomic E-state index is 12.8. The van der Waals surface area contributed by atoms with Crippen LogP contribution in [0.3, 0.4) is 0 Å². The fourth-order valence-corrected chi connectivity index (χ4v) is 1.72. The Balaban J connectivity index is 2.24. The third kappa shape index (κ3) is 2.88. The number of halogens is 3. The van der Waals surface area contributed by atoms with E-state index in [2.05, 4.69) is 4.98 Å². The molecule has 0 spiro atoms. The van der Waals surface area contributed by atoms with Gasteiger partial charge in [-0.25, -0.2) is 22.9 Å². The van der Waals surface area contributed by atoms with E-state index >= 15 is 0 Å². The summed E-state index contributed by atoms with van der Waals surface area (Å²) in [5.41, 5.74) is -0.0470. The van der Waals surface area contributed by atoms with Crippen molar-refractivity contribution in [3.8, 4) is 5.88 Å². The quantitative estimate of drug-likeness (QED) is 0.884. The summed E-state index contributed by atoms with van der Waals surface area (Å²) in [5, 5.41) is 8.79. The van der Waals surface area contributed by atoms with Crippen LogP contribution in [-0.4, -0.2) is 48.4 Å². The van der Waals surface area contributed by atoms with Gasteiger partial charge in [0, 0.05) is 0 Å². The minimum Gasteiger partial charge on any atom is -0.477 e. The highest BCUT2D eigenvalue weighted by atomic mass is 19.3. The molecular formula is C11H11F3N2O3. The number of carbonyl (C=O) groups is 1. The number of carboxylic acids is 1. The van der Waals surface area contributed by atoms with Crippen LogP contribution in [0.4, 0.5) is 18.9 Å². The van der Waals surface area contributed by atoms with Crippen molar-refractivity contribution in [1.82, 2.24) is 4.98 Å². The van der Waals surface area contributed by atoms with Gasteiger partial charge in [-0.05, 0) is 12.1 Å². The molecule has 0 bridgehead atoms. The molecule has 1 saturated heterocycles. The molecule has 2 rings (SSSR count). The molecular weight excluding hydrogens is 265 g/mol. The van der Waals surface area contributed by atoms with Crippen molar-refractivity contribution >= 4 is 11.7 Å². The molecule has 1 N–H and O–H groups in total. The van der Waals surface area contributed by atoms with E-state index in [0.717, 1.165) is 0 Å². The molecule has 0 radical (unpaired) electrons. The van der Waals surface area contributed by atoms with Crippen LogP contribution >= 0.6 is 0 Å². The lowest BCUT2D eigenvalue weighted by molar-refractivity contribution is -0.0265. The summed E-state index contributed by atoms with van der Waals surface area (Å²) in [5.74, 6) is -4.19. The normalized spacial score (nSPS) is 16.9. The lowest BCUT2D eigenvalue weighted by Crippen LogP contribution is -2.56. The summed E-state index contributed by atoms with van der Waals surface area (Å²) in [4.78, 5) is 15.8. The van der Waals surface area contributed by atoms with Crippen LogP contribution in [0.1, 0.15) is 10.5 Å². The molecule has 0 saturated carbocycles. The van der Waals surface area contributed by atoms with E-state index in [1.54, 1.807) is 0 Å². The number of carboxylic acid groups (broad SMARTS) is 1. The highest BCUT2D eigenvalue weighted by Crippen LogP contribution is 2.36. The van der Waals surface area contributed by atoms with Gasteiger partial charge in [-0.3, -0.25) is 0 Å². The van der Waals surface area contributed by atoms with Gasteiger partial charge in [-0.2, -0.15) is 0 Å². The van der Waals surface area contributed by atoms with Crippen LogP contribution in [0, 0.1) is 0 Å². The summed E-state index contributed by atoms with van der Waals surface area (Å²) < 4.78 is 42.7. The number of nitrogens with zero attached hydrogens (tertiary/aromatic N) is 2. The Labute approximate surface area is 106 Å². The molecule has 8 heteroatoms. The Bertz CT molecular complexity index is 488. The van der Waals surface area contributed by atoms with E-state index in [9.17, 15) is 18.0 Å². The molecule has 19 heavy (non-hydrogen) atoms. The SMILES string of the molecule is O=C(O)c1ccc(N2CC(F)(F)C2)c(OCCF)n1. The molecule has 1 aromatic heterocycles. The van der Waals surface area contributed by atoms with E-state index in [-0.39, 0.29) is 23.9 Å². The maximum Gasteiger partial charge on any atom is 0.354 e. The van der Waals surface area contributed by atoms with Crippen molar-refractivity contribution in [2.75, 3.05) is 31.3 Å². The monoisotopic (exact) mass is 276 g/mol. The van der Waals surface area contributed by atoms with E-state index in [1.165, 1.54) is 17.0 Å². The Morgan fingerprint density at radius 3 is 2.68 bits per heavy atom. The largest absolute Gasteiger partial charge is 0.477 e. The molecule has 104 valence electrons. The number of ether oxygens (including phenoxy) is 1. The first-order valence-corrected chi connectivity index (χ1v) is 5.49. The van der Waals surface area contributed by atoms with E-state index in [4.69, 9.17) is 9.84 Å². The van der Waals surface area contributed by atoms with E-state index in [1.807, 2.05) is 0 Å². The summed E-state index contributed by atoms with van der Waals surface area (Å²) in [7, 11) is 0. The number of pyridine rings is 1. The molecule has 2 heterocycles. The number of aromatic carboxylic acids is 1. The standard InChI is InChI=1S/C11H11F3N2O3/c12-3-4-19-9-8(16-5-11(13,14)6-16)2-1-7(15-9)10(17)18/h1-2H,3-6H2,(H,17,18). The molecule has 1 fully saturated rings. The number of hydrogen-bond acceptors (Lipinski definition) is 4. The summed E-state index contributed by atoms with van der Waals surface area (Å²) in [6.45, 7) is -2.08. The number of aromatic nitrogens is 1. The number of hydrogen-bond donors (Lipinski definition) is 1. The van der Waals surface area contributed by atoms with Gasteiger partial charge < -0.3 is 14.7 Å². The highest BCUT2D eigenvalue weighted by Gasteiger charge is 2.45. The first-order valence-electron chi connectivity index (χ1n) is 5.49. The molecule has 0 amide bonds. The minimum atomic E-state index is -2.77. The minimum absolute atomic E-state index is 0.145. The molecule has 0 aromatic carbocycles. The molecule has 0 unspecified atom stereocenters. The number of anilines is 1. The molecule has 1 aliphatic heterocycles. The second kappa shape index (κ2) is 4.94. The van der Waals surface area contributed by atoms with Gasteiger partial charge in [-0.1, -0.05) is 0 Å². The van der Waals surface area contributed by atoms with Crippen molar-refractivity contribution in [3.05, 3.63) is 17.8 Å². The van der Waals surface area contributed by atoms with Crippen molar-refractivity contribution < 1.29 is 27.8 Å². The lowest BCUT2D eigenvalue weighted by atomic mass is 10.1. The molecule has 0 aliphatic carbocycles.